The van der Waals surface area contributed by atoms with Gasteiger partial charge < -0.3 is 20.3 Å². The van der Waals surface area contributed by atoms with Crippen LogP contribution in [0.2, 0.25) is 5.02 Å². The maximum atomic E-state index is 12.4. The van der Waals surface area contributed by atoms with Crippen molar-refractivity contribution in [1.29, 1.82) is 0 Å². The molecule has 0 aromatic heterocycles. The quantitative estimate of drug-likeness (QED) is 0.834. The lowest BCUT2D eigenvalue weighted by molar-refractivity contribution is -0.116. The molecule has 1 heterocycles. The average molecular weight is 374 g/mol. The van der Waals surface area contributed by atoms with E-state index in [2.05, 4.69) is 15.5 Å². The molecule has 1 aliphatic heterocycles. The minimum atomic E-state index is -0.382. The Morgan fingerprint density at radius 3 is 2.42 bits per heavy atom. The highest BCUT2D eigenvalue weighted by molar-refractivity contribution is 6.31. The highest BCUT2D eigenvalue weighted by atomic mass is 35.5. The fourth-order valence-corrected chi connectivity index (χ4v) is 3.01. The summed E-state index contributed by atoms with van der Waals surface area (Å²) >= 11 is 6.13. The molecule has 5 nitrogen and oxygen atoms in total. The Hall–Kier alpha value is -2.24. The number of amides is 1. The smallest absolute Gasteiger partial charge is 0.246 e. The first-order valence-electron chi connectivity index (χ1n) is 8.79. The highest BCUT2D eigenvalue weighted by Crippen LogP contribution is 2.21. The van der Waals surface area contributed by atoms with Crippen LogP contribution in [0.4, 0.5) is 17.1 Å². The molecule has 1 saturated heterocycles. The van der Waals surface area contributed by atoms with Crippen molar-refractivity contribution in [2.24, 2.45) is 0 Å². The Morgan fingerprint density at radius 1 is 1.12 bits per heavy atom. The van der Waals surface area contributed by atoms with Gasteiger partial charge in [0.05, 0.1) is 13.2 Å². The molecule has 0 saturated carbocycles. The molecule has 0 aliphatic carbocycles. The summed E-state index contributed by atoms with van der Waals surface area (Å²) in [6.07, 6.45) is 0. The third-order valence-corrected chi connectivity index (χ3v) is 4.87. The van der Waals surface area contributed by atoms with Gasteiger partial charge in [0.25, 0.3) is 0 Å². The topological polar surface area (TPSA) is 53.6 Å². The van der Waals surface area contributed by atoms with Crippen molar-refractivity contribution < 1.29 is 9.53 Å². The Kier molecular flexibility index (Phi) is 6.01. The van der Waals surface area contributed by atoms with Crippen LogP contribution in [-0.2, 0) is 9.53 Å². The number of aryl methyl sites for hydroxylation is 1. The molecule has 3 rings (SSSR count). The zero-order chi connectivity index (χ0) is 18.5. The van der Waals surface area contributed by atoms with Crippen molar-refractivity contribution in [1.82, 2.24) is 0 Å². The zero-order valence-corrected chi connectivity index (χ0v) is 15.8. The van der Waals surface area contributed by atoms with Gasteiger partial charge in [-0.25, -0.2) is 0 Å². The summed E-state index contributed by atoms with van der Waals surface area (Å²) in [6.45, 7) is 7.07. The van der Waals surface area contributed by atoms with E-state index in [1.165, 1.54) is 0 Å². The summed E-state index contributed by atoms with van der Waals surface area (Å²) in [6, 6.07) is 13.2. The Labute approximate surface area is 159 Å². The standard InChI is InChI=1S/C20H24ClN3O2/c1-14-3-4-17(13-19(14)21)22-15(2)20(25)23-16-5-7-18(8-6-16)24-9-11-26-12-10-24/h3-8,13,15,22H,9-12H2,1-2H3,(H,23,25). The molecule has 1 aliphatic rings. The Bertz CT molecular complexity index is 758. The summed E-state index contributed by atoms with van der Waals surface area (Å²) in [5.41, 5.74) is 3.76. The number of carbonyl (C=O) groups excluding carboxylic acids is 1. The van der Waals surface area contributed by atoms with Crippen molar-refractivity contribution >= 4 is 34.6 Å². The lowest BCUT2D eigenvalue weighted by atomic mass is 10.2. The average Bonchev–Trinajstić information content (AvgIpc) is 2.66. The van der Waals surface area contributed by atoms with Gasteiger partial charge in [-0.2, -0.15) is 0 Å². The van der Waals surface area contributed by atoms with Gasteiger partial charge in [-0.3, -0.25) is 4.79 Å². The van der Waals surface area contributed by atoms with Crippen molar-refractivity contribution in [3.8, 4) is 0 Å². The van der Waals surface area contributed by atoms with Crippen molar-refractivity contribution in [3.05, 3.63) is 53.1 Å². The molecule has 2 N–H and O–H groups in total. The molecule has 2 aromatic rings. The van der Waals surface area contributed by atoms with Gasteiger partial charge in [0, 0.05) is 35.2 Å². The molecule has 1 amide bonds. The number of nitrogens with one attached hydrogen (secondary N) is 2. The van der Waals surface area contributed by atoms with E-state index >= 15 is 0 Å². The first kappa shape index (κ1) is 18.5. The molecule has 26 heavy (non-hydrogen) atoms. The first-order chi connectivity index (χ1) is 12.5. The minimum absolute atomic E-state index is 0.0965. The number of carbonyl (C=O) groups is 1. The first-order valence-corrected chi connectivity index (χ1v) is 9.17. The van der Waals surface area contributed by atoms with Crippen LogP contribution in [0, 0.1) is 6.92 Å². The third kappa shape index (κ3) is 4.68. The number of morpholine rings is 1. The number of benzene rings is 2. The number of hydrogen-bond acceptors (Lipinski definition) is 4. The fourth-order valence-electron chi connectivity index (χ4n) is 2.83. The Balaban J connectivity index is 1.57. The number of hydrogen-bond donors (Lipinski definition) is 2. The number of nitrogens with zero attached hydrogens (tertiary/aromatic N) is 1. The third-order valence-electron chi connectivity index (χ3n) is 4.46. The molecule has 2 aromatic carbocycles. The van der Waals surface area contributed by atoms with E-state index in [9.17, 15) is 4.79 Å². The van der Waals surface area contributed by atoms with E-state index in [4.69, 9.17) is 16.3 Å². The molecule has 0 radical (unpaired) electrons. The van der Waals surface area contributed by atoms with E-state index in [0.29, 0.717) is 5.02 Å². The van der Waals surface area contributed by atoms with Crippen LogP contribution in [-0.4, -0.2) is 38.3 Å². The lowest BCUT2D eigenvalue weighted by Gasteiger charge is -2.29. The summed E-state index contributed by atoms with van der Waals surface area (Å²) in [7, 11) is 0. The molecule has 138 valence electrons. The van der Waals surface area contributed by atoms with Crippen LogP contribution < -0.4 is 15.5 Å². The molecule has 0 spiro atoms. The number of anilines is 3. The van der Waals surface area contributed by atoms with E-state index in [-0.39, 0.29) is 11.9 Å². The monoisotopic (exact) mass is 373 g/mol. The van der Waals surface area contributed by atoms with Crippen LogP contribution in [0.3, 0.4) is 0 Å². The minimum Gasteiger partial charge on any atom is -0.378 e. The van der Waals surface area contributed by atoms with Crippen molar-refractivity contribution in [3.63, 3.8) is 0 Å². The zero-order valence-electron chi connectivity index (χ0n) is 15.1. The highest BCUT2D eigenvalue weighted by Gasteiger charge is 2.14. The number of rotatable bonds is 5. The van der Waals surface area contributed by atoms with Gasteiger partial charge in [0.15, 0.2) is 0 Å². The van der Waals surface area contributed by atoms with E-state index in [1.54, 1.807) is 0 Å². The van der Waals surface area contributed by atoms with Crippen LogP contribution in [0.25, 0.3) is 0 Å². The summed E-state index contributed by atoms with van der Waals surface area (Å²) in [5, 5.41) is 6.80. The summed E-state index contributed by atoms with van der Waals surface area (Å²) in [4.78, 5) is 14.7. The van der Waals surface area contributed by atoms with Gasteiger partial charge in [-0.15, -0.1) is 0 Å². The predicted molar refractivity (Wildman–Crippen MR) is 107 cm³/mol. The number of halogens is 1. The van der Waals surface area contributed by atoms with Gasteiger partial charge in [-0.1, -0.05) is 17.7 Å². The van der Waals surface area contributed by atoms with Gasteiger partial charge in [0.1, 0.15) is 6.04 Å². The second-order valence-corrected chi connectivity index (χ2v) is 6.87. The van der Waals surface area contributed by atoms with E-state index < -0.39 is 0 Å². The van der Waals surface area contributed by atoms with E-state index in [1.807, 2.05) is 56.3 Å². The molecule has 1 fully saturated rings. The maximum Gasteiger partial charge on any atom is 0.246 e. The van der Waals surface area contributed by atoms with Crippen LogP contribution >= 0.6 is 11.6 Å². The molecular weight excluding hydrogens is 350 g/mol. The van der Waals surface area contributed by atoms with Crippen LogP contribution in [0.15, 0.2) is 42.5 Å². The normalized spacial score (nSPS) is 15.4. The van der Waals surface area contributed by atoms with Crippen molar-refractivity contribution in [2.45, 2.75) is 19.9 Å². The van der Waals surface area contributed by atoms with Gasteiger partial charge >= 0.3 is 0 Å². The van der Waals surface area contributed by atoms with Crippen molar-refractivity contribution in [2.75, 3.05) is 41.8 Å². The van der Waals surface area contributed by atoms with Gasteiger partial charge in [-0.05, 0) is 55.8 Å². The van der Waals surface area contributed by atoms with E-state index in [0.717, 1.165) is 48.9 Å². The SMILES string of the molecule is Cc1ccc(NC(C)C(=O)Nc2ccc(N3CCOCC3)cc2)cc1Cl. The van der Waals surface area contributed by atoms with Crippen LogP contribution in [0.1, 0.15) is 12.5 Å². The second-order valence-electron chi connectivity index (χ2n) is 6.47. The molecule has 6 heteroatoms. The predicted octanol–water partition coefficient (Wildman–Crippen LogP) is 3.92. The second kappa shape index (κ2) is 8.43. The van der Waals surface area contributed by atoms with Crippen LogP contribution in [0.5, 0.6) is 0 Å². The lowest BCUT2D eigenvalue weighted by Crippen LogP contribution is -2.36. The summed E-state index contributed by atoms with van der Waals surface area (Å²) in [5.74, 6) is -0.0965. The van der Waals surface area contributed by atoms with Gasteiger partial charge in [0.2, 0.25) is 5.91 Å². The molecule has 1 atom stereocenters. The maximum absolute atomic E-state index is 12.4. The Morgan fingerprint density at radius 2 is 1.77 bits per heavy atom. The molecule has 0 bridgehead atoms. The fraction of sp³-hybridized carbons (Fsp3) is 0.350. The molecular formula is C20H24ClN3O2. The molecule has 1 unspecified atom stereocenters. The largest absolute Gasteiger partial charge is 0.378 e. The number of ether oxygens (including phenoxy) is 1. The summed E-state index contributed by atoms with van der Waals surface area (Å²) < 4.78 is 5.37.